The van der Waals surface area contributed by atoms with E-state index in [2.05, 4.69) is 38.1 Å². The van der Waals surface area contributed by atoms with Crippen LogP contribution in [0.4, 0.5) is 8.78 Å². The first-order valence-corrected chi connectivity index (χ1v) is 33.4. The number of nitrogens with one attached hydrogen (secondary N) is 3. The fourth-order valence-electron chi connectivity index (χ4n) is 12.1. The van der Waals surface area contributed by atoms with Crippen molar-refractivity contribution >= 4 is 88.1 Å². The van der Waals surface area contributed by atoms with Gasteiger partial charge in [-0.1, -0.05) is 29.8 Å². The number of benzene rings is 2. The maximum atomic E-state index is 14.2. The number of fused-ring (bicyclic) bond motifs is 1. The van der Waals surface area contributed by atoms with Crippen molar-refractivity contribution < 1.29 is 76.8 Å². The number of halogens is 2. The maximum absolute atomic E-state index is 14.2. The van der Waals surface area contributed by atoms with Crippen LogP contribution in [0.25, 0.3) is 10.9 Å². The molecule has 26 nitrogen and oxygen atoms in total. The third-order valence-electron chi connectivity index (χ3n) is 17.3. The summed E-state index contributed by atoms with van der Waals surface area (Å²) in [5, 5.41) is 37.3. The number of unbranched alkanes of at least 4 members (excludes halogenated alkanes) is 1. The number of thioether (sulfide) groups is 1. The van der Waals surface area contributed by atoms with Crippen LogP contribution in [-0.4, -0.2) is 281 Å². The first kappa shape index (κ1) is 73.7. The summed E-state index contributed by atoms with van der Waals surface area (Å²) < 4.78 is 34.4. The number of aromatic nitrogens is 1. The minimum atomic E-state index is -3.06. The van der Waals surface area contributed by atoms with Crippen molar-refractivity contribution in [1.82, 2.24) is 55.2 Å². The van der Waals surface area contributed by atoms with Crippen molar-refractivity contribution in [2.75, 3.05) is 137 Å². The van der Waals surface area contributed by atoms with E-state index < -0.39 is 90.8 Å². The summed E-state index contributed by atoms with van der Waals surface area (Å²) in [4.78, 5) is 148. The molecular formula is C65H90F2N12O14S. The molecule has 7 amide bonds. The first-order chi connectivity index (χ1) is 45.0. The molecule has 4 saturated heterocycles. The molecule has 6 N–H and O–H groups in total. The van der Waals surface area contributed by atoms with Crippen LogP contribution < -0.4 is 20.7 Å². The van der Waals surface area contributed by atoms with Gasteiger partial charge in [0.25, 0.3) is 11.8 Å². The van der Waals surface area contributed by atoms with E-state index in [4.69, 9.17) is 4.74 Å². The Balaban J connectivity index is 0.878. The van der Waals surface area contributed by atoms with Crippen LogP contribution in [0, 0.1) is 12.8 Å². The Kier molecular flexibility index (Phi) is 28.8. The van der Waals surface area contributed by atoms with Crippen molar-refractivity contribution in [2.24, 2.45) is 10.9 Å². The number of rotatable bonds is 32. The number of imide groups is 1. The zero-order valence-electron chi connectivity index (χ0n) is 53.7. The number of ether oxygens (including phenoxy) is 1. The predicted molar refractivity (Wildman–Crippen MR) is 347 cm³/mol. The van der Waals surface area contributed by atoms with Crippen molar-refractivity contribution in [3.8, 4) is 5.75 Å². The first-order valence-electron chi connectivity index (χ1n) is 32.3. The Hall–Kier alpha value is -7.73. The summed E-state index contributed by atoms with van der Waals surface area (Å²) >= 11 is 1.22. The fraction of sp³-hybridized carbons (Fsp3) is 0.600. The molecule has 1 aromatic heterocycles. The number of likely N-dealkylation sites (tertiary alicyclic amines) is 3. The standard InChI is InChI=1S/C65H90F2N12O14S/c1-45-11-13-46(14-12-45)7-5-10-55(80)70-20-4-3-9-48(72-56(81)38-73-24-26-74(40-60(85)86)28-30-76(42-62(89)90)31-29-75(27-25-73)41-61(87)88)43-94-54-34-57(82)78(64(54)92)39-59(84)77-22-18-47(19-23-77)8-6-32-93-50-15-16-53-52(33-50)51(17-21-69-53)63(91)71-37-58(83)79-44-65(66,67)35-49(79)36-68-2/h11-17,21,33,36,47-49,54H,3-10,18-20,22-32,34-35,37-44H2,1-2H3,(H,70,80)(H,71,91)(H,72,81)(H,85,86)(H,87,88)(H,89,90)/b68-36+/t48?,49-,54?/m1/s1. The van der Waals surface area contributed by atoms with Gasteiger partial charge in [0.15, 0.2) is 0 Å². The van der Waals surface area contributed by atoms with Crippen LogP contribution in [-0.2, 0) is 49.6 Å². The molecule has 4 aliphatic rings. The summed E-state index contributed by atoms with van der Waals surface area (Å²) in [6.45, 7) is 2.71. The minimum absolute atomic E-state index is 0.0661. The Morgan fingerprint density at radius 3 is 2.00 bits per heavy atom. The van der Waals surface area contributed by atoms with E-state index in [0.717, 1.165) is 33.8 Å². The topological polar surface area (TPSA) is 325 Å². The highest BCUT2D eigenvalue weighted by Gasteiger charge is 2.46. The van der Waals surface area contributed by atoms with Crippen LogP contribution in [0.2, 0.25) is 0 Å². The number of alkyl halides is 2. The molecule has 0 radical (unpaired) electrons. The molecule has 29 heteroatoms. The summed E-state index contributed by atoms with van der Waals surface area (Å²) in [5.41, 5.74) is 3.06. The number of carbonyl (C=O) groups excluding carboxylic acids is 7. The van der Waals surface area contributed by atoms with Gasteiger partial charge in [-0.05, 0) is 100 Å². The number of hydrogen-bond donors (Lipinski definition) is 6. The minimum Gasteiger partial charge on any atom is -0.494 e. The monoisotopic (exact) mass is 1330 g/mol. The van der Waals surface area contributed by atoms with Crippen molar-refractivity contribution in [3.05, 3.63) is 71.4 Å². The van der Waals surface area contributed by atoms with Gasteiger partial charge in [0.2, 0.25) is 35.4 Å². The molecule has 0 saturated carbocycles. The highest BCUT2D eigenvalue weighted by molar-refractivity contribution is 8.00. The zero-order valence-corrected chi connectivity index (χ0v) is 54.5. The van der Waals surface area contributed by atoms with E-state index in [-0.39, 0.29) is 120 Å². The molecule has 5 heterocycles. The number of aliphatic imine (C=N–C) groups is 1. The lowest BCUT2D eigenvalue weighted by molar-refractivity contribution is -0.146. The van der Waals surface area contributed by atoms with E-state index >= 15 is 0 Å². The Morgan fingerprint density at radius 2 is 1.38 bits per heavy atom. The van der Waals surface area contributed by atoms with Gasteiger partial charge in [-0.25, -0.2) is 8.78 Å². The number of piperidine rings is 1. The van der Waals surface area contributed by atoms with Gasteiger partial charge < -0.3 is 45.8 Å². The van der Waals surface area contributed by atoms with E-state index in [0.29, 0.717) is 94.3 Å². The molecule has 514 valence electrons. The van der Waals surface area contributed by atoms with E-state index in [1.165, 1.54) is 37.3 Å². The lowest BCUT2D eigenvalue weighted by atomic mass is 9.92. The van der Waals surface area contributed by atoms with Crippen molar-refractivity contribution in [2.45, 2.75) is 107 Å². The molecule has 0 spiro atoms. The number of aryl methyl sites for hydroxylation is 2. The molecule has 2 unspecified atom stereocenters. The Labute approximate surface area is 550 Å². The van der Waals surface area contributed by atoms with E-state index in [9.17, 15) is 72.0 Å². The molecule has 4 aliphatic heterocycles. The van der Waals surface area contributed by atoms with Gasteiger partial charge in [-0.2, -0.15) is 0 Å². The molecule has 4 fully saturated rings. The van der Waals surface area contributed by atoms with Gasteiger partial charge in [0.1, 0.15) is 12.3 Å². The molecule has 3 aromatic rings. The van der Waals surface area contributed by atoms with Gasteiger partial charge in [-0.15, -0.1) is 11.8 Å². The molecule has 3 atom stereocenters. The van der Waals surface area contributed by atoms with Crippen molar-refractivity contribution in [3.63, 3.8) is 0 Å². The molecule has 2 aromatic carbocycles. The largest absolute Gasteiger partial charge is 0.494 e. The number of hydrogen-bond acceptors (Lipinski definition) is 18. The summed E-state index contributed by atoms with van der Waals surface area (Å²) in [6, 6.07) is 13.5. The van der Waals surface area contributed by atoms with E-state index in [1.54, 1.807) is 37.8 Å². The van der Waals surface area contributed by atoms with Crippen LogP contribution in [0.3, 0.4) is 0 Å². The van der Waals surface area contributed by atoms with Crippen LogP contribution in [0.15, 0.2) is 59.7 Å². The molecule has 0 bridgehead atoms. The zero-order chi connectivity index (χ0) is 67.7. The number of carboxylic acids is 3. The summed E-state index contributed by atoms with van der Waals surface area (Å²) in [7, 11) is 1.44. The highest BCUT2D eigenvalue weighted by atomic mass is 32.2. The number of amides is 7. The van der Waals surface area contributed by atoms with Crippen LogP contribution in [0.1, 0.15) is 92.1 Å². The maximum Gasteiger partial charge on any atom is 0.317 e. The number of nitrogens with zero attached hydrogens (tertiary/aromatic N) is 9. The normalized spacial score (nSPS) is 19.4. The third-order valence-corrected chi connectivity index (χ3v) is 18.7. The van der Waals surface area contributed by atoms with Crippen LogP contribution >= 0.6 is 11.8 Å². The van der Waals surface area contributed by atoms with E-state index in [1.807, 2.05) is 24.0 Å². The number of carbonyl (C=O) groups is 10. The smallest absolute Gasteiger partial charge is 0.317 e. The van der Waals surface area contributed by atoms with Crippen molar-refractivity contribution in [1.29, 1.82) is 0 Å². The average Bonchev–Trinajstić information content (AvgIpc) is 1.24. The van der Waals surface area contributed by atoms with Crippen LogP contribution in [0.5, 0.6) is 5.75 Å². The fourth-order valence-corrected chi connectivity index (χ4v) is 13.4. The molecular weight excluding hydrogens is 1240 g/mol. The second-order valence-electron chi connectivity index (χ2n) is 24.7. The number of pyridine rings is 1. The molecule has 7 rings (SSSR count). The Bertz CT molecular complexity index is 3110. The molecule has 94 heavy (non-hydrogen) atoms. The second-order valence-corrected chi connectivity index (χ2v) is 25.9. The predicted octanol–water partition coefficient (Wildman–Crippen LogP) is 2.74. The third kappa shape index (κ3) is 24.2. The lowest BCUT2D eigenvalue weighted by Crippen LogP contribution is -2.50. The Morgan fingerprint density at radius 1 is 0.755 bits per heavy atom. The van der Waals surface area contributed by atoms with Gasteiger partial charge in [-0.3, -0.25) is 82.4 Å². The van der Waals surface area contributed by atoms with Gasteiger partial charge in [0, 0.05) is 128 Å². The number of aliphatic carboxylic acids is 3. The highest BCUT2D eigenvalue weighted by Crippen LogP contribution is 2.32. The quantitative estimate of drug-likeness (QED) is 0.0297. The average molecular weight is 1330 g/mol. The SMILES string of the molecule is C/N=C/[C@H]1CC(F)(F)CN1C(=O)CNC(=O)c1ccnc2ccc(OCCCC3CCN(C(=O)CN4C(=O)CC(SCC(CCCCNC(=O)CCCc5ccc(C)cc5)NC(=O)CN5CCN(CC(=O)O)CCN(CC(=O)O)CCN(CC(=O)O)CC5)C4=O)CC3)cc12. The lowest BCUT2D eigenvalue weighted by Gasteiger charge is -2.33. The van der Waals surface area contributed by atoms with Gasteiger partial charge >= 0.3 is 17.9 Å². The van der Waals surface area contributed by atoms with Gasteiger partial charge in [0.05, 0.1) is 68.2 Å². The number of carboxylic acid groups (broad SMARTS) is 3. The second kappa shape index (κ2) is 36.8. The summed E-state index contributed by atoms with van der Waals surface area (Å²) in [6.07, 6.45) is 8.46. The summed E-state index contributed by atoms with van der Waals surface area (Å²) in [5.74, 6) is -8.25. The molecule has 0 aliphatic carbocycles.